The summed E-state index contributed by atoms with van der Waals surface area (Å²) in [6, 6.07) is 70.7. The van der Waals surface area contributed by atoms with Gasteiger partial charge in [0.25, 0.3) is 0 Å². The van der Waals surface area contributed by atoms with Gasteiger partial charge in [0.1, 0.15) is 0 Å². The fourth-order valence-electron chi connectivity index (χ4n) is 7.72. The average Bonchev–Trinajstić information content (AvgIpc) is 3.21. The number of rotatable bonds is 8. The first-order chi connectivity index (χ1) is 25.1. The molecule has 0 bridgehead atoms. The highest BCUT2D eigenvalue weighted by Crippen LogP contribution is 2.46. The number of hydrogen-bond acceptors (Lipinski definition) is 1. The Kier molecular flexibility index (Phi) is 8.78. The summed E-state index contributed by atoms with van der Waals surface area (Å²) in [6.07, 6.45) is 4.77. The molecule has 7 aromatic rings. The molecule has 1 heterocycles. The number of hydrogen-bond donors (Lipinski definition) is 0. The lowest BCUT2D eigenvalue weighted by Gasteiger charge is -2.37. The van der Waals surface area contributed by atoms with Gasteiger partial charge < -0.3 is 4.90 Å². The van der Waals surface area contributed by atoms with E-state index in [-0.39, 0.29) is 6.04 Å². The number of aryl methyl sites for hydroxylation is 1. The number of likely N-dealkylation sites (N-methyl/N-ethyl adjacent to an activating group) is 1. The van der Waals surface area contributed by atoms with Crippen LogP contribution < -0.4 is 0 Å². The minimum absolute atomic E-state index is 0.0731. The molecule has 0 saturated carbocycles. The van der Waals surface area contributed by atoms with E-state index in [4.69, 9.17) is 0 Å². The molecule has 7 aromatic carbocycles. The van der Waals surface area contributed by atoms with Crippen LogP contribution in [0, 0.1) is 6.92 Å². The maximum absolute atomic E-state index is 2.42. The molecule has 0 saturated heterocycles. The molecule has 0 amide bonds. The third-order valence-electron chi connectivity index (χ3n) is 10.4. The van der Waals surface area contributed by atoms with E-state index in [1.807, 2.05) is 0 Å². The Morgan fingerprint density at radius 3 is 1.31 bits per heavy atom. The molecule has 1 aliphatic rings. The lowest BCUT2D eigenvalue weighted by molar-refractivity contribution is 0.413. The zero-order valence-corrected chi connectivity index (χ0v) is 29.2. The summed E-state index contributed by atoms with van der Waals surface area (Å²) >= 11 is 0. The maximum Gasteiger partial charge on any atom is 0.0732 e. The molecular formula is C50H41N. The van der Waals surface area contributed by atoms with Crippen LogP contribution in [0.5, 0.6) is 0 Å². The van der Waals surface area contributed by atoms with Crippen molar-refractivity contribution in [3.05, 3.63) is 251 Å². The predicted octanol–water partition coefficient (Wildman–Crippen LogP) is 12.2. The van der Waals surface area contributed by atoms with Gasteiger partial charge in [-0.2, -0.15) is 0 Å². The molecule has 1 heteroatoms. The Morgan fingerprint density at radius 1 is 0.412 bits per heavy atom. The van der Waals surface area contributed by atoms with Crippen molar-refractivity contribution in [2.75, 3.05) is 7.05 Å². The summed E-state index contributed by atoms with van der Waals surface area (Å²) in [5.74, 6) is 0. The minimum Gasteiger partial charge on any atom is -0.364 e. The van der Waals surface area contributed by atoms with Crippen molar-refractivity contribution >= 4 is 11.3 Å². The average molecular weight is 656 g/mol. The molecule has 0 radical (unpaired) electrons. The maximum atomic E-state index is 2.42. The molecular weight excluding hydrogens is 615 g/mol. The standard InChI is InChI=1S/C50H41N/c1-37-23-25-38(26-24-37)39-27-29-42(30-28-39)49-36-43(35-48(51(49)2)41-15-7-3-8-16-41)40-31-33-47(34-32-40)50(44-17-9-4-10-18-44,45-19-11-5-12-20-45)46-21-13-6-14-22-46/h3-36,49H,1-2H3. The SMILES string of the molecule is Cc1ccc(-c2ccc(C3C=C(c4ccc(C(c5ccccc5)(c5ccccc5)c5ccccc5)cc4)C=C(c4ccccc4)N3C)cc2)cc1. The van der Waals surface area contributed by atoms with Crippen molar-refractivity contribution in [3.63, 3.8) is 0 Å². The van der Waals surface area contributed by atoms with Crippen LogP contribution in [0.25, 0.3) is 22.4 Å². The Balaban J connectivity index is 1.24. The van der Waals surface area contributed by atoms with E-state index in [0.717, 1.165) is 0 Å². The van der Waals surface area contributed by atoms with Gasteiger partial charge in [-0.3, -0.25) is 0 Å². The van der Waals surface area contributed by atoms with Gasteiger partial charge in [-0.1, -0.05) is 200 Å². The molecule has 51 heavy (non-hydrogen) atoms. The fraction of sp³-hybridized carbons (Fsp3) is 0.0800. The Hall–Kier alpha value is -6.18. The Labute approximate surface area is 302 Å². The van der Waals surface area contributed by atoms with Crippen LogP contribution in [0.4, 0.5) is 0 Å². The summed E-state index contributed by atoms with van der Waals surface area (Å²) in [5.41, 5.74) is 14.3. The molecule has 1 nitrogen and oxygen atoms in total. The van der Waals surface area contributed by atoms with Gasteiger partial charge in [0.15, 0.2) is 0 Å². The van der Waals surface area contributed by atoms with E-state index in [9.17, 15) is 0 Å². The third-order valence-corrected chi connectivity index (χ3v) is 10.4. The van der Waals surface area contributed by atoms with Crippen LogP contribution in [0.1, 0.15) is 50.5 Å². The van der Waals surface area contributed by atoms with E-state index in [1.54, 1.807) is 0 Å². The Morgan fingerprint density at radius 2 is 0.824 bits per heavy atom. The van der Waals surface area contributed by atoms with Gasteiger partial charge in [0, 0.05) is 12.7 Å². The summed E-state index contributed by atoms with van der Waals surface area (Å²) in [4.78, 5) is 2.40. The largest absolute Gasteiger partial charge is 0.364 e. The summed E-state index contributed by atoms with van der Waals surface area (Å²) in [6.45, 7) is 2.13. The van der Waals surface area contributed by atoms with Crippen molar-refractivity contribution in [1.82, 2.24) is 4.90 Å². The molecule has 1 atom stereocenters. The van der Waals surface area contributed by atoms with Crippen molar-refractivity contribution in [3.8, 4) is 11.1 Å². The minimum atomic E-state index is -0.476. The molecule has 0 spiro atoms. The van der Waals surface area contributed by atoms with Gasteiger partial charge in [-0.25, -0.2) is 0 Å². The second-order valence-corrected chi connectivity index (χ2v) is 13.5. The highest BCUT2D eigenvalue weighted by Gasteiger charge is 2.38. The smallest absolute Gasteiger partial charge is 0.0732 e. The van der Waals surface area contributed by atoms with Crippen molar-refractivity contribution in [2.24, 2.45) is 0 Å². The highest BCUT2D eigenvalue weighted by molar-refractivity contribution is 5.86. The fourth-order valence-corrected chi connectivity index (χ4v) is 7.72. The van der Waals surface area contributed by atoms with E-state index in [2.05, 4.69) is 225 Å². The summed E-state index contributed by atoms with van der Waals surface area (Å²) in [5, 5.41) is 0. The Bertz CT molecular complexity index is 2170. The number of allylic oxidation sites excluding steroid dienone is 2. The first-order valence-electron chi connectivity index (χ1n) is 17.8. The highest BCUT2D eigenvalue weighted by atomic mass is 15.1. The van der Waals surface area contributed by atoms with Gasteiger partial charge in [0.05, 0.1) is 11.5 Å². The van der Waals surface area contributed by atoms with Crippen LogP contribution in [0.2, 0.25) is 0 Å². The van der Waals surface area contributed by atoms with Crippen molar-refractivity contribution in [1.29, 1.82) is 0 Å². The number of benzene rings is 7. The molecule has 0 fully saturated rings. The first kappa shape index (κ1) is 32.0. The molecule has 1 aliphatic heterocycles. The first-order valence-corrected chi connectivity index (χ1v) is 17.8. The van der Waals surface area contributed by atoms with Crippen LogP contribution in [-0.4, -0.2) is 11.9 Å². The van der Waals surface area contributed by atoms with Crippen molar-refractivity contribution in [2.45, 2.75) is 18.4 Å². The lowest BCUT2D eigenvalue weighted by Crippen LogP contribution is -2.31. The van der Waals surface area contributed by atoms with E-state index < -0.39 is 5.41 Å². The van der Waals surface area contributed by atoms with Crippen LogP contribution in [0.15, 0.2) is 206 Å². The lowest BCUT2D eigenvalue weighted by atomic mass is 9.65. The molecule has 246 valence electrons. The summed E-state index contributed by atoms with van der Waals surface area (Å²) < 4.78 is 0. The molecule has 8 rings (SSSR count). The molecule has 0 aromatic heterocycles. The second-order valence-electron chi connectivity index (χ2n) is 13.5. The van der Waals surface area contributed by atoms with E-state index in [0.29, 0.717) is 0 Å². The van der Waals surface area contributed by atoms with Gasteiger partial charge in [-0.05, 0) is 74.7 Å². The number of nitrogens with zero attached hydrogens (tertiary/aromatic N) is 1. The monoisotopic (exact) mass is 655 g/mol. The zero-order chi connectivity index (χ0) is 34.6. The van der Waals surface area contributed by atoms with E-state index >= 15 is 0 Å². The third kappa shape index (κ3) is 6.13. The molecule has 0 N–H and O–H groups in total. The van der Waals surface area contributed by atoms with Gasteiger partial charge in [-0.15, -0.1) is 0 Å². The summed E-state index contributed by atoms with van der Waals surface area (Å²) in [7, 11) is 2.21. The predicted molar refractivity (Wildman–Crippen MR) is 214 cm³/mol. The van der Waals surface area contributed by atoms with Crippen molar-refractivity contribution < 1.29 is 0 Å². The normalized spacial score (nSPS) is 14.5. The topological polar surface area (TPSA) is 3.24 Å². The van der Waals surface area contributed by atoms with Gasteiger partial charge in [0.2, 0.25) is 0 Å². The van der Waals surface area contributed by atoms with E-state index in [1.165, 1.54) is 66.9 Å². The molecule has 1 unspecified atom stereocenters. The molecule has 0 aliphatic carbocycles. The van der Waals surface area contributed by atoms with Crippen LogP contribution in [-0.2, 0) is 5.41 Å². The van der Waals surface area contributed by atoms with Crippen LogP contribution in [0.3, 0.4) is 0 Å². The van der Waals surface area contributed by atoms with Gasteiger partial charge >= 0.3 is 0 Å². The zero-order valence-electron chi connectivity index (χ0n) is 29.2. The van der Waals surface area contributed by atoms with Crippen LogP contribution >= 0.6 is 0 Å². The second kappa shape index (κ2) is 14.0. The quantitative estimate of drug-likeness (QED) is 0.147.